The average Bonchev–Trinajstić information content (AvgIpc) is 3.69. The number of hydrogen-bond acceptors (Lipinski definition) is 7. The molecule has 0 aliphatic carbocycles. The van der Waals surface area contributed by atoms with E-state index in [1.807, 2.05) is 18.2 Å². The number of rotatable bonds is 4. The molecule has 11 heteroatoms. The molecule has 0 amide bonds. The molecule has 3 aliphatic heterocycles. The van der Waals surface area contributed by atoms with Crippen LogP contribution < -0.4 is 10.5 Å². The quantitative estimate of drug-likeness (QED) is 0.308. The van der Waals surface area contributed by atoms with Crippen LogP contribution in [0.15, 0.2) is 36.0 Å². The van der Waals surface area contributed by atoms with Crippen molar-refractivity contribution in [2.24, 2.45) is 0 Å². The molecule has 2 aromatic carbocycles. The number of anilines is 1. The molecular weight excluding hydrogens is 591 g/mol. The first-order valence-electron chi connectivity index (χ1n) is 12.6. The summed E-state index contributed by atoms with van der Waals surface area (Å²) in [6.45, 7) is 2.04. The number of nitrogens with zero attached hydrogens (tertiary/aromatic N) is 4. The van der Waals surface area contributed by atoms with Crippen molar-refractivity contribution in [3.8, 4) is 23.2 Å². The number of ether oxygens (including phenoxy) is 2. The van der Waals surface area contributed by atoms with E-state index < -0.39 is 11.6 Å². The molecule has 2 fully saturated rings. The normalized spacial score (nSPS) is 20.5. The van der Waals surface area contributed by atoms with E-state index in [4.69, 9.17) is 31.8 Å². The molecule has 0 spiro atoms. The Balaban J connectivity index is 1.33. The van der Waals surface area contributed by atoms with E-state index in [0.29, 0.717) is 33.9 Å². The van der Waals surface area contributed by atoms with E-state index in [2.05, 4.69) is 16.0 Å². The predicted molar refractivity (Wildman–Crippen MR) is 145 cm³/mol. The van der Waals surface area contributed by atoms with Crippen molar-refractivity contribution < 1.29 is 18.3 Å². The summed E-state index contributed by atoms with van der Waals surface area (Å²) >= 11 is 6.98. The number of nitriles is 1. The third kappa shape index (κ3) is 3.80. The van der Waals surface area contributed by atoms with Crippen LogP contribution in [0.1, 0.15) is 36.0 Å². The molecule has 2 saturated heterocycles. The van der Waals surface area contributed by atoms with E-state index in [9.17, 15) is 14.0 Å². The number of benzene rings is 2. The van der Waals surface area contributed by atoms with Gasteiger partial charge in [0.05, 0.1) is 0 Å². The summed E-state index contributed by atoms with van der Waals surface area (Å²) in [4.78, 5) is 11.3. The second-order valence-corrected chi connectivity index (χ2v) is 12.9. The molecular formula is C28H22ClF2N5O2Se. The molecule has 2 aromatic heterocycles. The van der Waals surface area contributed by atoms with Gasteiger partial charge in [0.2, 0.25) is 0 Å². The number of nitrogen functional groups attached to an aromatic ring is 1. The SMILES string of the molecule is N#Cc1c(N)[se]c2cccc(-c3c4c(c5cnc(OC[C@@]67CCCN6CC(=C(F)F)C7)nc5c3Cl)COC4)c12. The summed E-state index contributed by atoms with van der Waals surface area (Å²) in [5.74, 6) is 0. The number of nitrogens with two attached hydrogens (primary N) is 1. The van der Waals surface area contributed by atoms with Gasteiger partial charge in [-0.25, -0.2) is 0 Å². The Morgan fingerprint density at radius 1 is 1.31 bits per heavy atom. The topological polar surface area (TPSA) is 97.3 Å². The van der Waals surface area contributed by atoms with Crippen molar-refractivity contribution in [3.05, 3.63) is 57.8 Å². The van der Waals surface area contributed by atoms with Crippen LogP contribution in [0.25, 0.3) is 31.7 Å². The zero-order chi connectivity index (χ0) is 26.9. The Bertz CT molecular complexity index is 1760. The molecule has 39 heavy (non-hydrogen) atoms. The number of fused-ring (bicyclic) bond motifs is 5. The summed E-state index contributed by atoms with van der Waals surface area (Å²) < 4.78 is 40.3. The zero-order valence-corrected chi connectivity index (χ0v) is 23.2. The van der Waals surface area contributed by atoms with Gasteiger partial charge in [-0.3, -0.25) is 0 Å². The van der Waals surface area contributed by atoms with Crippen molar-refractivity contribution >= 4 is 51.2 Å². The van der Waals surface area contributed by atoms with E-state index in [1.165, 1.54) is 0 Å². The van der Waals surface area contributed by atoms with E-state index >= 15 is 0 Å². The van der Waals surface area contributed by atoms with E-state index in [0.717, 1.165) is 56.7 Å². The summed E-state index contributed by atoms with van der Waals surface area (Å²) in [6.07, 6.45) is 2.12. The number of hydrogen-bond donors (Lipinski definition) is 1. The Morgan fingerprint density at radius 3 is 2.97 bits per heavy atom. The fourth-order valence-electron chi connectivity index (χ4n) is 6.40. The first-order valence-corrected chi connectivity index (χ1v) is 14.7. The van der Waals surface area contributed by atoms with Crippen LogP contribution in [0.4, 0.5) is 13.3 Å². The van der Waals surface area contributed by atoms with Gasteiger partial charge in [0.25, 0.3) is 6.08 Å². The third-order valence-electron chi connectivity index (χ3n) is 8.20. The van der Waals surface area contributed by atoms with Crippen molar-refractivity contribution in [2.75, 3.05) is 25.4 Å². The fraction of sp³-hybridized carbons (Fsp3) is 0.321. The van der Waals surface area contributed by atoms with E-state index in [-0.39, 0.29) is 45.7 Å². The summed E-state index contributed by atoms with van der Waals surface area (Å²) in [6, 6.07) is 8.34. The van der Waals surface area contributed by atoms with Gasteiger partial charge in [0, 0.05) is 12.1 Å². The second-order valence-electron chi connectivity index (χ2n) is 10.3. The molecule has 2 N–H and O–H groups in total. The van der Waals surface area contributed by atoms with Crippen molar-refractivity contribution in [3.63, 3.8) is 0 Å². The number of halogens is 3. The first-order chi connectivity index (χ1) is 18.9. The second kappa shape index (κ2) is 9.26. The molecule has 0 radical (unpaired) electrons. The van der Waals surface area contributed by atoms with Crippen LogP contribution in [0.3, 0.4) is 0 Å². The van der Waals surface area contributed by atoms with Crippen LogP contribution in [0.5, 0.6) is 6.01 Å². The Hall–Kier alpha value is -3.06. The monoisotopic (exact) mass is 613 g/mol. The maximum absolute atomic E-state index is 13.4. The minimum absolute atomic E-state index is 0.128. The van der Waals surface area contributed by atoms with Crippen LogP contribution >= 0.6 is 11.6 Å². The van der Waals surface area contributed by atoms with Gasteiger partial charge in [0.15, 0.2) is 0 Å². The van der Waals surface area contributed by atoms with Gasteiger partial charge in [-0.1, -0.05) is 0 Å². The Morgan fingerprint density at radius 2 is 2.15 bits per heavy atom. The zero-order valence-electron chi connectivity index (χ0n) is 20.7. The molecule has 198 valence electrons. The molecule has 0 saturated carbocycles. The van der Waals surface area contributed by atoms with Crippen LogP contribution in [-0.2, 0) is 18.0 Å². The average molecular weight is 613 g/mol. The van der Waals surface area contributed by atoms with Gasteiger partial charge in [0.1, 0.15) is 0 Å². The third-order valence-corrected chi connectivity index (χ3v) is 10.6. The number of aromatic nitrogens is 2. The predicted octanol–water partition coefficient (Wildman–Crippen LogP) is 5.41. The molecule has 7 nitrogen and oxygen atoms in total. The van der Waals surface area contributed by atoms with Crippen LogP contribution in [0.2, 0.25) is 5.02 Å². The fourth-order valence-corrected chi connectivity index (χ4v) is 8.75. The molecule has 3 aliphatic rings. The minimum atomic E-state index is -1.59. The molecule has 0 unspecified atom stereocenters. The van der Waals surface area contributed by atoms with Crippen LogP contribution in [0, 0.1) is 11.3 Å². The molecule has 5 heterocycles. The Labute approximate surface area is 233 Å². The first kappa shape index (κ1) is 24.9. The summed E-state index contributed by atoms with van der Waals surface area (Å²) in [5, 5.41) is 11.9. The van der Waals surface area contributed by atoms with Crippen molar-refractivity contribution in [1.82, 2.24) is 14.9 Å². The van der Waals surface area contributed by atoms with Crippen molar-refractivity contribution in [2.45, 2.75) is 38.0 Å². The summed E-state index contributed by atoms with van der Waals surface area (Å²) in [7, 11) is 0. The summed E-state index contributed by atoms with van der Waals surface area (Å²) in [5.41, 5.74) is 10.5. The van der Waals surface area contributed by atoms with Crippen LogP contribution in [-0.4, -0.2) is 54.6 Å². The molecule has 4 aromatic rings. The molecule has 7 rings (SSSR count). The molecule has 0 bridgehead atoms. The van der Waals surface area contributed by atoms with Gasteiger partial charge >= 0.3 is 194 Å². The van der Waals surface area contributed by atoms with Gasteiger partial charge < -0.3 is 0 Å². The van der Waals surface area contributed by atoms with Crippen molar-refractivity contribution in [1.29, 1.82) is 5.26 Å². The maximum atomic E-state index is 13.4. The van der Waals surface area contributed by atoms with Gasteiger partial charge in [-0.15, -0.1) is 0 Å². The van der Waals surface area contributed by atoms with E-state index in [1.54, 1.807) is 6.20 Å². The Kier molecular flexibility index (Phi) is 5.92. The van der Waals surface area contributed by atoms with Gasteiger partial charge in [-0.2, -0.15) is 8.78 Å². The van der Waals surface area contributed by atoms with Gasteiger partial charge in [-0.05, 0) is 13.0 Å². The standard InChI is InChI=1S/C28H22ClF2N5O2Se/c29-23-22(15-3-1-4-20-21(15)16(8-32)26(33)39-20)19-12-37-11-18(19)17-9-34-27(35-24(17)23)38-13-28-5-2-6-36(28)10-14(7-28)25(30)31/h1,3-4,9H,2,5-7,10-13,33H2/t28-/m0/s1. The molecule has 1 atom stereocenters.